The van der Waals surface area contributed by atoms with Crippen molar-refractivity contribution in [1.29, 1.82) is 0 Å². The number of hydrogen-bond acceptors (Lipinski definition) is 3. The van der Waals surface area contributed by atoms with E-state index in [4.69, 9.17) is 4.74 Å². The molecule has 0 saturated carbocycles. The highest BCUT2D eigenvalue weighted by molar-refractivity contribution is 7.98. The van der Waals surface area contributed by atoms with Crippen LogP contribution in [-0.2, 0) is 4.79 Å². The molecular weight excluding hydrogens is 306 g/mol. The molecule has 2 aromatic carbocycles. The van der Waals surface area contributed by atoms with E-state index in [1.54, 1.807) is 11.8 Å². The van der Waals surface area contributed by atoms with Gasteiger partial charge in [-0.05, 0) is 56.4 Å². The molecule has 2 rings (SSSR count). The van der Waals surface area contributed by atoms with Gasteiger partial charge in [-0.3, -0.25) is 4.79 Å². The number of ether oxygens (including phenoxy) is 1. The van der Waals surface area contributed by atoms with Crippen molar-refractivity contribution in [3.05, 3.63) is 53.6 Å². The highest BCUT2D eigenvalue weighted by atomic mass is 32.2. The lowest BCUT2D eigenvalue weighted by Crippen LogP contribution is -2.32. The molecule has 0 aliphatic carbocycles. The van der Waals surface area contributed by atoms with Crippen molar-refractivity contribution < 1.29 is 9.53 Å². The molecule has 0 aromatic heterocycles. The first kappa shape index (κ1) is 17.4. The van der Waals surface area contributed by atoms with Crippen LogP contribution in [-0.4, -0.2) is 18.3 Å². The molecule has 122 valence electrons. The molecule has 0 bridgehead atoms. The van der Waals surface area contributed by atoms with Gasteiger partial charge in [-0.2, -0.15) is 0 Å². The van der Waals surface area contributed by atoms with Gasteiger partial charge in [0.15, 0.2) is 6.10 Å². The Balaban J connectivity index is 2.08. The van der Waals surface area contributed by atoms with Crippen LogP contribution in [0.25, 0.3) is 0 Å². The van der Waals surface area contributed by atoms with Gasteiger partial charge in [0.1, 0.15) is 5.75 Å². The molecule has 0 saturated heterocycles. The van der Waals surface area contributed by atoms with Crippen molar-refractivity contribution in [3.63, 3.8) is 0 Å². The Morgan fingerprint density at radius 3 is 2.65 bits per heavy atom. The predicted molar refractivity (Wildman–Crippen MR) is 97.5 cm³/mol. The average Bonchev–Trinajstić information content (AvgIpc) is 2.54. The third-order valence-corrected chi connectivity index (χ3v) is 4.33. The molecule has 23 heavy (non-hydrogen) atoms. The first-order valence-corrected chi connectivity index (χ1v) is 8.94. The Morgan fingerprint density at radius 2 is 2.00 bits per heavy atom. The maximum absolute atomic E-state index is 12.5. The summed E-state index contributed by atoms with van der Waals surface area (Å²) in [6, 6.07) is 13.8. The minimum atomic E-state index is -0.505. The van der Waals surface area contributed by atoms with E-state index in [0.717, 1.165) is 21.9 Å². The summed E-state index contributed by atoms with van der Waals surface area (Å²) in [5.74, 6) is 0.640. The second-order valence-electron chi connectivity index (χ2n) is 5.50. The zero-order chi connectivity index (χ0) is 16.8. The third-order valence-electron chi connectivity index (χ3n) is 3.60. The highest BCUT2D eigenvalue weighted by Crippen LogP contribution is 2.22. The van der Waals surface area contributed by atoms with Crippen LogP contribution in [0.5, 0.6) is 5.75 Å². The van der Waals surface area contributed by atoms with Gasteiger partial charge in [-0.1, -0.05) is 30.7 Å². The average molecular weight is 329 g/mol. The monoisotopic (exact) mass is 329 g/mol. The minimum absolute atomic E-state index is 0.120. The number of benzene rings is 2. The summed E-state index contributed by atoms with van der Waals surface area (Å²) in [5.41, 5.74) is 3.02. The van der Waals surface area contributed by atoms with Gasteiger partial charge < -0.3 is 10.1 Å². The molecule has 0 heterocycles. The van der Waals surface area contributed by atoms with Gasteiger partial charge in [0.2, 0.25) is 0 Å². The van der Waals surface area contributed by atoms with Crippen LogP contribution >= 0.6 is 11.8 Å². The van der Waals surface area contributed by atoms with E-state index >= 15 is 0 Å². The SMILES string of the molecule is CC[C@H](Oc1ccc(C)cc1C)C(=O)Nc1cccc(SC)c1. The van der Waals surface area contributed by atoms with E-state index in [9.17, 15) is 4.79 Å². The number of anilines is 1. The van der Waals surface area contributed by atoms with E-state index in [0.29, 0.717) is 6.42 Å². The maximum atomic E-state index is 12.5. The number of hydrogen-bond donors (Lipinski definition) is 1. The summed E-state index contributed by atoms with van der Waals surface area (Å²) in [6.07, 6.45) is 2.12. The van der Waals surface area contributed by atoms with Crippen LogP contribution in [0.15, 0.2) is 47.4 Å². The lowest BCUT2D eigenvalue weighted by molar-refractivity contribution is -0.122. The van der Waals surface area contributed by atoms with E-state index < -0.39 is 6.10 Å². The van der Waals surface area contributed by atoms with Gasteiger partial charge in [0.05, 0.1) is 0 Å². The van der Waals surface area contributed by atoms with Gasteiger partial charge in [-0.25, -0.2) is 0 Å². The summed E-state index contributed by atoms with van der Waals surface area (Å²) < 4.78 is 5.92. The molecule has 0 unspecified atom stereocenters. The van der Waals surface area contributed by atoms with E-state index in [2.05, 4.69) is 11.4 Å². The lowest BCUT2D eigenvalue weighted by atomic mass is 10.1. The van der Waals surface area contributed by atoms with Crippen LogP contribution in [0.1, 0.15) is 24.5 Å². The largest absolute Gasteiger partial charge is 0.480 e. The molecule has 0 spiro atoms. The number of nitrogens with one attached hydrogen (secondary N) is 1. The molecule has 0 aliphatic heterocycles. The number of carbonyl (C=O) groups excluding carboxylic acids is 1. The van der Waals surface area contributed by atoms with Crippen LogP contribution in [0.4, 0.5) is 5.69 Å². The van der Waals surface area contributed by atoms with Gasteiger partial charge >= 0.3 is 0 Å². The summed E-state index contributed by atoms with van der Waals surface area (Å²) in [4.78, 5) is 13.6. The summed E-state index contributed by atoms with van der Waals surface area (Å²) in [7, 11) is 0. The third kappa shape index (κ3) is 4.76. The Labute approximate surface area is 142 Å². The number of aryl methyl sites for hydroxylation is 2. The minimum Gasteiger partial charge on any atom is -0.480 e. The molecular formula is C19H23NO2S. The van der Waals surface area contributed by atoms with Crippen LogP contribution in [0, 0.1) is 13.8 Å². The molecule has 2 aromatic rings. The number of amides is 1. The number of carbonyl (C=O) groups is 1. The van der Waals surface area contributed by atoms with E-state index in [1.165, 1.54) is 5.56 Å². The maximum Gasteiger partial charge on any atom is 0.265 e. The quantitative estimate of drug-likeness (QED) is 0.772. The van der Waals surface area contributed by atoms with Crippen molar-refractivity contribution in [1.82, 2.24) is 0 Å². The highest BCUT2D eigenvalue weighted by Gasteiger charge is 2.19. The van der Waals surface area contributed by atoms with Crippen molar-refractivity contribution in [3.8, 4) is 5.75 Å². The smallest absolute Gasteiger partial charge is 0.265 e. The fourth-order valence-electron chi connectivity index (χ4n) is 2.33. The molecule has 4 heteroatoms. The van der Waals surface area contributed by atoms with Crippen molar-refractivity contribution in [2.45, 2.75) is 38.2 Å². The molecule has 0 radical (unpaired) electrons. The normalized spacial score (nSPS) is 11.8. The summed E-state index contributed by atoms with van der Waals surface area (Å²) >= 11 is 1.65. The fraction of sp³-hybridized carbons (Fsp3) is 0.316. The molecule has 1 amide bonds. The van der Waals surface area contributed by atoms with Crippen molar-refractivity contribution >= 4 is 23.4 Å². The summed E-state index contributed by atoms with van der Waals surface area (Å²) in [6.45, 7) is 5.99. The fourth-order valence-corrected chi connectivity index (χ4v) is 2.79. The topological polar surface area (TPSA) is 38.3 Å². The number of rotatable bonds is 6. The van der Waals surface area contributed by atoms with Gasteiger partial charge in [-0.15, -0.1) is 11.8 Å². The van der Waals surface area contributed by atoms with E-state index in [-0.39, 0.29) is 5.91 Å². The zero-order valence-electron chi connectivity index (χ0n) is 14.1. The first-order valence-electron chi connectivity index (χ1n) is 7.72. The first-order chi connectivity index (χ1) is 11.0. The molecule has 0 fully saturated rings. The second kappa shape index (κ2) is 8.06. The van der Waals surface area contributed by atoms with Crippen LogP contribution < -0.4 is 10.1 Å². The zero-order valence-corrected chi connectivity index (χ0v) is 14.9. The molecule has 3 nitrogen and oxygen atoms in total. The Bertz CT molecular complexity index is 685. The Morgan fingerprint density at radius 1 is 1.22 bits per heavy atom. The molecule has 1 atom stereocenters. The van der Waals surface area contributed by atoms with Crippen LogP contribution in [0.2, 0.25) is 0 Å². The molecule has 0 aliphatic rings. The second-order valence-corrected chi connectivity index (χ2v) is 6.38. The van der Waals surface area contributed by atoms with Gasteiger partial charge in [0, 0.05) is 10.6 Å². The van der Waals surface area contributed by atoms with Crippen molar-refractivity contribution in [2.24, 2.45) is 0 Å². The van der Waals surface area contributed by atoms with Crippen molar-refractivity contribution in [2.75, 3.05) is 11.6 Å². The number of thioether (sulfide) groups is 1. The van der Waals surface area contributed by atoms with E-state index in [1.807, 2.05) is 63.4 Å². The Hall–Kier alpha value is -1.94. The standard InChI is InChI=1S/C19H23NO2S/c1-5-17(22-18-10-9-13(2)11-14(18)3)19(21)20-15-7-6-8-16(12-15)23-4/h6-12,17H,5H2,1-4H3,(H,20,21)/t17-/m0/s1. The van der Waals surface area contributed by atoms with Crippen LogP contribution in [0.3, 0.4) is 0 Å². The lowest BCUT2D eigenvalue weighted by Gasteiger charge is -2.19. The summed E-state index contributed by atoms with van der Waals surface area (Å²) in [5, 5.41) is 2.94. The van der Waals surface area contributed by atoms with Gasteiger partial charge in [0.25, 0.3) is 5.91 Å². The Kier molecular flexibility index (Phi) is 6.11. The molecule has 1 N–H and O–H groups in total. The predicted octanol–water partition coefficient (Wildman–Crippen LogP) is 4.82.